The molecule has 0 unspecified atom stereocenters. The van der Waals surface area contributed by atoms with E-state index in [1.54, 1.807) is 0 Å². The molecule has 0 saturated heterocycles. The fourth-order valence-electron chi connectivity index (χ4n) is 1.35. The van der Waals surface area contributed by atoms with Crippen molar-refractivity contribution in [3.8, 4) is 11.3 Å². The average Bonchev–Trinajstić information content (AvgIpc) is 2.59. The zero-order chi connectivity index (χ0) is 11.7. The highest BCUT2D eigenvalue weighted by molar-refractivity contribution is 6.29. The van der Waals surface area contributed by atoms with Crippen molar-refractivity contribution in [1.82, 2.24) is 5.16 Å². The molecule has 1 N–H and O–H groups in total. The standard InChI is InChI=1S/C10H6ClF2NO2/c11-10-5(4-15)9(14-16-10)8-6(12)2-1-3-7(8)13/h1-3,15H,4H2. The van der Waals surface area contributed by atoms with Crippen molar-refractivity contribution in [3.63, 3.8) is 0 Å². The third-order valence-electron chi connectivity index (χ3n) is 2.10. The Bertz CT molecular complexity index is 507. The van der Waals surface area contributed by atoms with Gasteiger partial charge in [0.15, 0.2) is 0 Å². The van der Waals surface area contributed by atoms with Gasteiger partial charge in [0.2, 0.25) is 5.22 Å². The fraction of sp³-hybridized carbons (Fsp3) is 0.100. The summed E-state index contributed by atoms with van der Waals surface area (Å²) in [5, 5.41) is 12.3. The van der Waals surface area contributed by atoms with E-state index in [-0.39, 0.29) is 22.0 Å². The number of rotatable bonds is 2. The number of benzene rings is 1. The highest BCUT2D eigenvalue weighted by atomic mass is 35.5. The van der Waals surface area contributed by atoms with Crippen LogP contribution in [0.1, 0.15) is 5.56 Å². The van der Waals surface area contributed by atoms with E-state index < -0.39 is 18.2 Å². The van der Waals surface area contributed by atoms with Crippen molar-refractivity contribution in [3.05, 3.63) is 40.6 Å². The molecule has 6 heteroatoms. The number of halogens is 3. The Morgan fingerprint density at radius 2 is 1.94 bits per heavy atom. The summed E-state index contributed by atoms with van der Waals surface area (Å²) in [4.78, 5) is 0. The summed E-state index contributed by atoms with van der Waals surface area (Å²) in [6, 6.07) is 3.40. The first kappa shape index (κ1) is 11.0. The highest BCUT2D eigenvalue weighted by Gasteiger charge is 2.21. The molecule has 0 fully saturated rings. The molecule has 0 bridgehead atoms. The van der Waals surface area contributed by atoms with Crippen LogP contribution in [0.2, 0.25) is 5.22 Å². The maximum Gasteiger partial charge on any atom is 0.232 e. The van der Waals surface area contributed by atoms with Crippen molar-refractivity contribution < 1.29 is 18.4 Å². The van der Waals surface area contributed by atoms with Gasteiger partial charge in [0, 0.05) is 0 Å². The Balaban J connectivity index is 2.67. The summed E-state index contributed by atoms with van der Waals surface area (Å²) in [6.45, 7) is -0.508. The van der Waals surface area contributed by atoms with Crippen molar-refractivity contribution in [2.24, 2.45) is 0 Å². The van der Waals surface area contributed by atoms with Crippen molar-refractivity contribution >= 4 is 11.6 Å². The van der Waals surface area contributed by atoms with Gasteiger partial charge in [-0.15, -0.1) is 0 Å². The number of aliphatic hydroxyl groups is 1. The van der Waals surface area contributed by atoms with E-state index in [1.807, 2.05) is 0 Å². The Hall–Kier alpha value is -1.46. The van der Waals surface area contributed by atoms with Crippen LogP contribution in [0.15, 0.2) is 22.7 Å². The zero-order valence-electron chi connectivity index (χ0n) is 7.88. The van der Waals surface area contributed by atoms with Gasteiger partial charge >= 0.3 is 0 Å². The van der Waals surface area contributed by atoms with Crippen LogP contribution in [0.4, 0.5) is 8.78 Å². The average molecular weight is 246 g/mol. The number of hydrogen-bond acceptors (Lipinski definition) is 3. The molecule has 0 radical (unpaired) electrons. The molecule has 0 atom stereocenters. The topological polar surface area (TPSA) is 46.3 Å². The summed E-state index contributed by atoms with van der Waals surface area (Å²) in [7, 11) is 0. The summed E-state index contributed by atoms with van der Waals surface area (Å²) in [5.74, 6) is -1.58. The van der Waals surface area contributed by atoms with Crippen LogP contribution >= 0.6 is 11.6 Å². The molecular weight excluding hydrogens is 240 g/mol. The first-order chi connectivity index (χ1) is 7.65. The van der Waals surface area contributed by atoms with E-state index in [9.17, 15) is 8.78 Å². The molecule has 1 heterocycles. The van der Waals surface area contributed by atoms with E-state index in [2.05, 4.69) is 9.68 Å². The first-order valence-corrected chi connectivity index (χ1v) is 4.72. The van der Waals surface area contributed by atoms with Crippen LogP contribution in [-0.4, -0.2) is 10.3 Å². The largest absolute Gasteiger partial charge is 0.391 e. The number of aliphatic hydroxyl groups excluding tert-OH is 1. The van der Waals surface area contributed by atoms with Gasteiger partial charge in [0.25, 0.3) is 0 Å². The molecule has 0 aliphatic heterocycles. The van der Waals surface area contributed by atoms with E-state index >= 15 is 0 Å². The van der Waals surface area contributed by atoms with Crippen molar-refractivity contribution in [1.29, 1.82) is 0 Å². The van der Waals surface area contributed by atoms with Gasteiger partial charge in [-0.2, -0.15) is 0 Å². The predicted molar refractivity (Wildman–Crippen MR) is 52.8 cm³/mol. The lowest BCUT2D eigenvalue weighted by atomic mass is 10.1. The molecule has 84 valence electrons. The molecule has 0 amide bonds. The second-order valence-corrected chi connectivity index (χ2v) is 3.38. The Kier molecular flexibility index (Phi) is 2.89. The van der Waals surface area contributed by atoms with Crippen LogP contribution in [0.3, 0.4) is 0 Å². The third kappa shape index (κ3) is 1.68. The summed E-state index contributed by atoms with van der Waals surface area (Å²) >= 11 is 5.57. The lowest BCUT2D eigenvalue weighted by Gasteiger charge is -2.02. The van der Waals surface area contributed by atoms with Crippen LogP contribution in [0, 0.1) is 11.6 Å². The Morgan fingerprint density at radius 3 is 2.50 bits per heavy atom. The maximum absolute atomic E-state index is 13.4. The Morgan fingerprint density at radius 1 is 1.31 bits per heavy atom. The number of nitrogens with zero attached hydrogens (tertiary/aromatic N) is 1. The second kappa shape index (κ2) is 4.19. The molecule has 1 aromatic carbocycles. The number of hydrogen-bond donors (Lipinski definition) is 1. The van der Waals surface area contributed by atoms with Crippen molar-refractivity contribution in [2.75, 3.05) is 0 Å². The maximum atomic E-state index is 13.4. The van der Waals surface area contributed by atoms with E-state index in [1.165, 1.54) is 6.07 Å². The van der Waals surface area contributed by atoms with Gasteiger partial charge in [0.1, 0.15) is 17.3 Å². The molecule has 0 saturated carbocycles. The smallest absolute Gasteiger partial charge is 0.232 e. The minimum absolute atomic E-state index is 0.0608. The van der Waals surface area contributed by atoms with Crippen molar-refractivity contribution in [2.45, 2.75) is 6.61 Å². The summed E-state index contributed by atoms with van der Waals surface area (Å²) < 4.78 is 31.4. The minimum Gasteiger partial charge on any atom is -0.391 e. The van der Waals surface area contributed by atoms with Crippen LogP contribution in [0.25, 0.3) is 11.3 Å². The predicted octanol–water partition coefficient (Wildman–Crippen LogP) is 2.77. The van der Waals surface area contributed by atoms with E-state index in [4.69, 9.17) is 16.7 Å². The van der Waals surface area contributed by atoms with Gasteiger partial charge in [-0.1, -0.05) is 11.2 Å². The van der Waals surface area contributed by atoms with Crippen LogP contribution < -0.4 is 0 Å². The van der Waals surface area contributed by atoms with Gasteiger partial charge in [0.05, 0.1) is 17.7 Å². The molecular formula is C10H6ClF2NO2. The molecule has 2 aromatic rings. The summed E-state index contributed by atoms with van der Waals surface area (Å²) in [5.41, 5.74) is -0.420. The van der Waals surface area contributed by atoms with E-state index in [0.29, 0.717) is 0 Å². The Labute approximate surface area is 94.2 Å². The lowest BCUT2D eigenvalue weighted by Crippen LogP contribution is -1.93. The van der Waals surface area contributed by atoms with E-state index in [0.717, 1.165) is 12.1 Å². The van der Waals surface area contributed by atoms with Crippen LogP contribution in [-0.2, 0) is 6.61 Å². The van der Waals surface area contributed by atoms with Gasteiger partial charge in [-0.3, -0.25) is 0 Å². The molecule has 0 spiro atoms. The number of aromatic nitrogens is 1. The molecule has 0 aliphatic rings. The quantitative estimate of drug-likeness (QED) is 0.885. The SMILES string of the molecule is OCc1c(-c2c(F)cccc2F)noc1Cl. The highest BCUT2D eigenvalue weighted by Crippen LogP contribution is 2.31. The lowest BCUT2D eigenvalue weighted by molar-refractivity contribution is 0.281. The zero-order valence-corrected chi connectivity index (χ0v) is 8.63. The molecule has 0 aliphatic carbocycles. The second-order valence-electron chi connectivity index (χ2n) is 3.04. The monoisotopic (exact) mass is 245 g/mol. The molecule has 3 nitrogen and oxygen atoms in total. The van der Waals surface area contributed by atoms with Gasteiger partial charge in [-0.25, -0.2) is 8.78 Å². The summed E-state index contributed by atoms with van der Waals surface area (Å²) in [6.07, 6.45) is 0. The van der Waals surface area contributed by atoms with Gasteiger partial charge < -0.3 is 9.63 Å². The molecule has 2 rings (SSSR count). The minimum atomic E-state index is -0.792. The van der Waals surface area contributed by atoms with Crippen LogP contribution in [0.5, 0.6) is 0 Å². The normalized spacial score (nSPS) is 10.8. The first-order valence-electron chi connectivity index (χ1n) is 4.34. The molecule has 1 aromatic heterocycles. The molecule has 16 heavy (non-hydrogen) atoms. The third-order valence-corrected chi connectivity index (χ3v) is 2.39. The van der Waals surface area contributed by atoms with Gasteiger partial charge in [-0.05, 0) is 23.7 Å². The fourth-order valence-corrected chi connectivity index (χ4v) is 1.53.